The second-order valence-electron chi connectivity index (χ2n) is 5.97. The van der Waals surface area contributed by atoms with Gasteiger partial charge in [0.15, 0.2) is 0 Å². The highest BCUT2D eigenvalue weighted by Crippen LogP contribution is 2.44. The first kappa shape index (κ1) is 17.9. The molecule has 0 aromatic carbocycles. The van der Waals surface area contributed by atoms with Crippen molar-refractivity contribution in [2.75, 3.05) is 6.54 Å². The van der Waals surface area contributed by atoms with E-state index in [1.165, 1.54) is 19.3 Å². The van der Waals surface area contributed by atoms with Crippen molar-refractivity contribution in [2.45, 2.75) is 68.2 Å². The number of nitrogens with one attached hydrogen (secondary N) is 1. The summed E-state index contributed by atoms with van der Waals surface area (Å²) in [6, 6.07) is 0. The molecule has 0 spiro atoms. The van der Waals surface area contributed by atoms with Crippen LogP contribution in [0.5, 0.6) is 0 Å². The molecule has 0 aromatic heterocycles. The van der Waals surface area contributed by atoms with Gasteiger partial charge in [-0.25, -0.2) is 0 Å². The summed E-state index contributed by atoms with van der Waals surface area (Å²) in [4.78, 5) is 0. The molecule has 0 aliphatic heterocycles. The lowest BCUT2D eigenvalue weighted by Crippen LogP contribution is -2.32. The molecule has 0 aromatic rings. The molecule has 1 nitrogen and oxygen atoms in total. The largest absolute Gasteiger partial charge is 0.389 e. The molecule has 1 atom stereocenters. The van der Waals surface area contributed by atoms with Crippen LogP contribution in [0.15, 0.2) is 12.3 Å². The Morgan fingerprint density at radius 2 is 1.69 bits per heavy atom. The van der Waals surface area contributed by atoms with Crippen molar-refractivity contribution >= 4 is 0 Å². The highest BCUT2D eigenvalue weighted by atomic mass is 14.9. The van der Waals surface area contributed by atoms with E-state index in [1.54, 1.807) is 0 Å². The molecule has 1 unspecified atom stereocenters. The fourth-order valence-electron chi connectivity index (χ4n) is 1.86. The van der Waals surface area contributed by atoms with Crippen LogP contribution in [0.4, 0.5) is 0 Å². The molecule has 1 N–H and O–H groups in total. The maximum Gasteiger partial charge on any atom is 0.0143 e. The summed E-state index contributed by atoms with van der Waals surface area (Å²) in [5, 5.41) is 3.30. The summed E-state index contributed by atoms with van der Waals surface area (Å²) in [6.07, 6.45) is 3.77. The Labute approximate surface area is 104 Å². The van der Waals surface area contributed by atoms with Gasteiger partial charge in [0.1, 0.15) is 0 Å². The second-order valence-corrected chi connectivity index (χ2v) is 5.97. The summed E-state index contributed by atoms with van der Waals surface area (Å²) < 4.78 is 0. The molecule has 0 rings (SSSR count). The van der Waals surface area contributed by atoms with E-state index in [-0.39, 0.29) is 7.43 Å². The molecule has 0 saturated heterocycles. The molecule has 0 aliphatic rings. The predicted molar refractivity (Wildman–Crippen MR) is 76.6 cm³/mol. The van der Waals surface area contributed by atoms with Crippen molar-refractivity contribution in [2.24, 2.45) is 10.8 Å². The Morgan fingerprint density at radius 3 is 2.00 bits per heavy atom. The minimum Gasteiger partial charge on any atom is -0.389 e. The minimum absolute atomic E-state index is 0. The van der Waals surface area contributed by atoms with E-state index in [9.17, 15) is 0 Å². The maximum atomic E-state index is 3.85. The zero-order chi connectivity index (χ0) is 12.1. The summed E-state index contributed by atoms with van der Waals surface area (Å²) >= 11 is 0. The van der Waals surface area contributed by atoms with Gasteiger partial charge in [-0.05, 0) is 30.6 Å². The molecule has 0 saturated carbocycles. The van der Waals surface area contributed by atoms with Crippen LogP contribution in [0.2, 0.25) is 0 Å². The van der Waals surface area contributed by atoms with Gasteiger partial charge in [0, 0.05) is 12.2 Å². The molecule has 0 fully saturated rings. The minimum atomic E-state index is 0. The van der Waals surface area contributed by atoms with Gasteiger partial charge in [-0.1, -0.05) is 55.0 Å². The van der Waals surface area contributed by atoms with Crippen molar-refractivity contribution in [3.8, 4) is 0 Å². The Kier molecular flexibility index (Phi) is 7.82. The van der Waals surface area contributed by atoms with Crippen LogP contribution in [0.25, 0.3) is 0 Å². The molecule has 0 bridgehead atoms. The first-order valence-corrected chi connectivity index (χ1v) is 6.12. The van der Waals surface area contributed by atoms with Gasteiger partial charge in [0.25, 0.3) is 0 Å². The smallest absolute Gasteiger partial charge is 0.0143 e. The van der Waals surface area contributed by atoms with Crippen molar-refractivity contribution in [3.63, 3.8) is 0 Å². The van der Waals surface area contributed by atoms with Crippen LogP contribution in [0.1, 0.15) is 68.2 Å². The zero-order valence-corrected chi connectivity index (χ0v) is 11.5. The van der Waals surface area contributed by atoms with Gasteiger partial charge >= 0.3 is 0 Å². The highest BCUT2D eigenvalue weighted by Gasteiger charge is 2.34. The molecule has 98 valence electrons. The normalized spacial score (nSPS) is 14.9. The number of hydrogen-bond donors (Lipinski definition) is 1. The van der Waals surface area contributed by atoms with Crippen LogP contribution in [0, 0.1) is 10.8 Å². The summed E-state index contributed by atoms with van der Waals surface area (Å²) in [6.45, 7) is 18.7. The molecular weight excluding hydrogens is 194 g/mol. The van der Waals surface area contributed by atoms with Gasteiger partial charge in [-0.3, -0.25) is 0 Å². The van der Waals surface area contributed by atoms with Crippen LogP contribution in [-0.4, -0.2) is 6.54 Å². The van der Waals surface area contributed by atoms with Crippen LogP contribution >= 0.6 is 0 Å². The topological polar surface area (TPSA) is 12.0 Å². The number of rotatable bonds is 6. The van der Waals surface area contributed by atoms with Crippen LogP contribution in [-0.2, 0) is 0 Å². The summed E-state index contributed by atoms with van der Waals surface area (Å²) in [7, 11) is 0. The third-order valence-corrected chi connectivity index (χ3v) is 3.92. The fourth-order valence-corrected chi connectivity index (χ4v) is 1.86. The predicted octanol–water partition coefficient (Wildman–Crippen LogP) is 4.99. The fraction of sp³-hybridized carbons (Fsp3) is 0.867. The lowest BCUT2D eigenvalue weighted by molar-refractivity contribution is 0.0886. The third kappa shape index (κ3) is 5.58. The third-order valence-electron chi connectivity index (χ3n) is 3.92. The van der Waals surface area contributed by atoms with E-state index in [2.05, 4.69) is 46.5 Å². The number of allylic oxidation sites excluding steroid dienone is 1. The van der Waals surface area contributed by atoms with E-state index >= 15 is 0 Å². The second kappa shape index (κ2) is 6.98. The first-order valence-electron chi connectivity index (χ1n) is 6.12. The van der Waals surface area contributed by atoms with Gasteiger partial charge in [-0.2, -0.15) is 0 Å². The Balaban J connectivity index is 0. The monoisotopic (exact) mass is 227 g/mol. The van der Waals surface area contributed by atoms with Gasteiger partial charge in [-0.15, -0.1) is 0 Å². The summed E-state index contributed by atoms with van der Waals surface area (Å²) in [5.74, 6) is 0. The highest BCUT2D eigenvalue weighted by molar-refractivity contribution is 4.87. The average Bonchev–Trinajstić information content (AvgIpc) is 2.09. The van der Waals surface area contributed by atoms with Crippen molar-refractivity contribution in [3.05, 3.63) is 12.3 Å². The SMILES string of the molecule is C.C=C(C)NCCCC(C)(CC)C(C)(C)C. The molecule has 0 heterocycles. The van der Waals surface area contributed by atoms with E-state index in [0.29, 0.717) is 10.8 Å². The molecule has 16 heavy (non-hydrogen) atoms. The van der Waals surface area contributed by atoms with Gasteiger partial charge < -0.3 is 5.32 Å². The van der Waals surface area contributed by atoms with E-state index in [4.69, 9.17) is 0 Å². The van der Waals surface area contributed by atoms with Gasteiger partial charge in [0.2, 0.25) is 0 Å². The molecule has 0 radical (unpaired) electrons. The Hall–Kier alpha value is -0.460. The lowest BCUT2D eigenvalue weighted by Gasteiger charge is -2.42. The Bertz CT molecular complexity index is 200. The number of hydrogen-bond acceptors (Lipinski definition) is 1. The quantitative estimate of drug-likeness (QED) is 0.630. The van der Waals surface area contributed by atoms with Crippen molar-refractivity contribution < 1.29 is 0 Å². The zero-order valence-electron chi connectivity index (χ0n) is 11.5. The molecular formula is C15H33N. The standard InChI is InChI=1S/C14H29N.CH4/c1-8-14(7,13(4,5)6)10-9-11-15-12(2)3;/h15H,2,8-11H2,1,3-7H3;1H4. The molecule has 0 aliphatic carbocycles. The molecule has 0 amide bonds. The summed E-state index contributed by atoms with van der Waals surface area (Å²) in [5.41, 5.74) is 1.92. The van der Waals surface area contributed by atoms with Crippen LogP contribution in [0.3, 0.4) is 0 Å². The molecule has 1 heteroatoms. The van der Waals surface area contributed by atoms with Crippen LogP contribution < -0.4 is 5.32 Å². The maximum absolute atomic E-state index is 3.85. The van der Waals surface area contributed by atoms with Crippen molar-refractivity contribution in [1.29, 1.82) is 0 Å². The van der Waals surface area contributed by atoms with Gasteiger partial charge in [0.05, 0.1) is 0 Å². The van der Waals surface area contributed by atoms with Crippen molar-refractivity contribution in [1.82, 2.24) is 5.32 Å². The first-order chi connectivity index (χ1) is 6.73. The van der Waals surface area contributed by atoms with E-state index < -0.39 is 0 Å². The lowest BCUT2D eigenvalue weighted by atomic mass is 9.64. The Morgan fingerprint density at radius 1 is 1.19 bits per heavy atom. The average molecular weight is 227 g/mol. The van der Waals surface area contributed by atoms with E-state index in [1.807, 2.05) is 6.92 Å². The van der Waals surface area contributed by atoms with E-state index in [0.717, 1.165) is 12.2 Å².